The predicted molar refractivity (Wildman–Crippen MR) is 141 cm³/mol. The highest BCUT2D eigenvalue weighted by Gasteiger charge is 2.24. The van der Waals surface area contributed by atoms with Crippen LogP contribution in [0.1, 0.15) is 30.2 Å². The van der Waals surface area contributed by atoms with E-state index < -0.39 is 0 Å². The molecule has 1 N–H and O–H groups in total. The molecule has 1 aromatic carbocycles. The molecule has 0 amide bonds. The van der Waals surface area contributed by atoms with Crippen molar-refractivity contribution in [1.29, 1.82) is 5.26 Å². The van der Waals surface area contributed by atoms with Crippen LogP contribution in [0.3, 0.4) is 0 Å². The number of benzene rings is 1. The summed E-state index contributed by atoms with van der Waals surface area (Å²) in [7, 11) is 1.92. The number of rotatable bonds is 8. The van der Waals surface area contributed by atoms with Crippen LogP contribution in [0.25, 0.3) is 23.0 Å². The molecular formula is C26H30FN7S. The maximum Gasteiger partial charge on any atom is 0.192 e. The molecule has 3 aromatic rings. The molecule has 1 fully saturated rings. The van der Waals surface area contributed by atoms with Crippen molar-refractivity contribution < 1.29 is 4.39 Å². The molecule has 0 bridgehead atoms. The zero-order valence-corrected chi connectivity index (χ0v) is 21.2. The van der Waals surface area contributed by atoms with Crippen molar-refractivity contribution in [3.8, 4) is 17.3 Å². The Morgan fingerprint density at radius 1 is 1.29 bits per heavy atom. The Morgan fingerprint density at radius 2 is 2.00 bits per heavy atom. The predicted octanol–water partition coefficient (Wildman–Crippen LogP) is 4.76. The Bertz CT molecular complexity index is 1260. The summed E-state index contributed by atoms with van der Waals surface area (Å²) in [6.07, 6.45) is 4.73. The van der Waals surface area contributed by atoms with E-state index in [1.807, 2.05) is 16.5 Å². The molecular weight excluding hydrogens is 461 g/mol. The topological polar surface area (TPSA) is 73.0 Å². The summed E-state index contributed by atoms with van der Waals surface area (Å²) in [4.78, 5) is 14.6. The van der Waals surface area contributed by atoms with E-state index >= 15 is 0 Å². The molecule has 9 heteroatoms. The molecule has 3 heterocycles. The Hall–Kier alpha value is -3.32. The van der Waals surface area contributed by atoms with Crippen molar-refractivity contribution >= 4 is 34.1 Å². The van der Waals surface area contributed by atoms with E-state index in [4.69, 9.17) is 9.97 Å². The smallest absolute Gasteiger partial charge is 0.192 e. The maximum absolute atomic E-state index is 13.4. The number of imidazole rings is 1. The van der Waals surface area contributed by atoms with Crippen LogP contribution in [-0.4, -0.2) is 59.2 Å². The van der Waals surface area contributed by atoms with Crippen LogP contribution in [0.2, 0.25) is 0 Å². The van der Waals surface area contributed by atoms with Gasteiger partial charge in [0.15, 0.2) is 5.13 Å². The van der Waals surface area contributed by atoms with Crippen LogP contribution in [0, 0.1) is 17.1 Å². The maximum atomic E-state index is 13.4. The van der Waals surface area contributed by atoms with Crippen molar-refractivity contribution in [3.63, 3.8) is 0 Å². The highest BCUT2D eigenvalue weighted by molar-refractivity contribution is 7.16. The van der Waals surface area contributed by atoms with Gasteiger partial charge in [0.2, 0.25) is 0 Å². The minimum atomic E-state index is -0.324. The number of aromatic nitrogens is 3. The van der Waals surface area contributed by atoms with E-state index in [0.29, 0.717) is 21.3 Å². The van der Waals surface area contributed by atoms with Crippen molar-refractivity contribution in [2.45, 2.75) is 20.3 Å². The molecule has 4 rings (SSSR count). The Labute approximate surface area is 209 Å². The first kappa shape index (κ1) is 24.8. The van der Waals surface area contributed by atoms with Crippen molar-refractivity contribution in [1.82, 2.24) is 24.8 Å². The van der Waals surface area contributed by atoms with E-state index in [-0.39, 0.29) is 5.82 Å². The zero-order chi connectivity index (χ0) is 24.9. The Kier molecular flexibility index (Phi) is 7.76. The monoisotopic (exact) mass is 491 g/mol. The van der Waals surface area contributed by atoms with Gasteiger partial charge in [0.25, 0.3) is 0 Å². The summed E-state index contributed by atoms with van der Waals surface area (Å²) in [5, 5.41) is 13.8. The second-order valence-corrected chi connectivity index (χ2v) is 9.38. The molecule has 0 spiro atoms. The number of halogens is 1. The molecule has 7 nitrogen and oxygen atoms in total. The highest BCUT2D eigenvalue weighted by Crippen LogP contribution is 2.37. The summed E-state index contributed by atoms with van der Waals surface area (Å²) >= 11 is 1.30. The van der Waals surface area contributed by atoms with Gasteiger partial charge in [0.1, 0.15) is 34.1 Å². The average molecular weight is 492 g/mol. The largest absolute Gasteiger partial charge is 0.314 e. The average Bonchev–Trinajstić information content (AvgIpc) is 3.49. The number of hydrogen-bond acceptors (Lipinski definition) is 7. The molecule has 35 heavy (non-hydrogen) atoms. The lowest BCUT2D eigenvalue weighted by Gasteiger charge is -2.26. The van der Waals surface area contributed by atoms with Gasteiger partial charge in [-0.05, 0) is 43.2 Å². The number of aryl methyl sites for hydroxylation is 1. The van der Waals surface area contributed by atoms with Crippen LogP contribution in [0.5, 0.6) is 0 Å². The molecule has 1 saturated heterocycles. The van der Waals surface area contributed by atoms with Gasteiger partial charge in [0, 0.05) is 51.5 Å². The first-order valence-corrected chi connectivity index (χ1v) is 12.5. The Morgan fingerprint density at radius 3 is 2.63 bits per heavy atom. The normalized spacial score (nSPS) is 14.7. The number of nitrogens with one attached hydrogen (secondary N) is 1. The number of nitrogens with zero attached hydrogens (tertiary/aromatic N) is 6. The summed E-state index contributed by atoms with van der Waals surface area (Å²) in [5.74, 6) is 1.40. The number of hydrogen-bond donors (Lipinski definition) is 1. The summed E-state index contributed by atoms with van der Waals surface area (Å²) < 4.78 is 15.4. The lowest BCUT2D eigenvalue weighted by molar-refractivity contribution is 0.265. The molecule has 1 aliphatic heterocycles. The lowest BCUT2D eigenvalue weighted by Crippen LogP contribution is -2.43. The number of anilines is 2. The summed E-state index contributed by atoms with van der Waals surface area (Å²) in [6, 6.07) is 8.28. The summed E-state index contributed by atoms with van der Waals surface area (Å²) in [5.41, 5.74) is 3.27. The van der Waals surface area contributed by atoms with E-state index in [2.05, 4.69) is 42.8 Å². The van der Waals surface area contributed by atoms with Crippen LogP contribution < -0.4 is 10.2 Å². The van der Waals surface area contributed by atoms with Gasteiger partial charge in [-0.1, -0.05) is 30.9 Å². The molecule has 2 aromatic heterocycles. The van der Waals surface area contributed by atoms with Crippen LogP contribution in [0.4, 0.5) is 15.3 Å². The fourth-order valence-corrected chi connectivity index (χ4v) is 5.04. The van der Waals surface area contributed by atoms with E-state index in [1.165, 1.54) is 23.5 Å². The highest BCUT2D eigenvalue weighted by atomic mass is 32.1. The molecule has 0 radical (unpaired) electrons. The van der Waals surface area contributed by atoms with Gasteiger partial charge in [-0.3, -0.25) is 9.47 Å². The molecule has 0 saturated carbocycles. The van der Waals surface area contributed by atoms with Crippen LogP contribution >= 0.6 is 11.3 Å². The third-order valence-corrected chi connectivity index (χ3v) is 7.17. The standard InChI is InChI=1S/C26H30FN7S/c1-5-21-25(34(6-2)24(30-21)18(3)11-14-33-15-12-29-13-16-33)32(4)26-31-23(22(17-28)35-26)19-7-9-20(27)10-8-19/h6-11,29H,2,5,12-16H2,1,3-4H3/b18-11-. The van der Waals surface area contributed by atoms with Crippen molar-refractivity contribution in [3.05, 3.63) is 59.1 Å². The quantitative estimate of drug-likeness (QED) is 0.490. The molecule has 0 unspecified atom stereocenters. The second-order valence-electron chi connectivity index (χ2n) is 8.40. The third kappa shape index (κ3) is 5.20. The van der Waals surface area contributed by atoms with Gasteiger partial charge in [0.05, 0.1) is 5.69 Å². The molecule has 0 aliphatic carbocycles. The van der Waals surface area contributed by atoms with Crippen LogP contribution in [-0.2, 0) is 6.42 Å². The zero-order valence-electron chi connectivity index (χ0n) is 20.4. The molecule has 182 valence electrons. The lowest BCUT2D eigenvalue weighted by atomic mass is 10.1. The van der Waals surface area contributed by atoms with Gasteiger partial charge in [-0.15, -0.1) is 0 Å². The van der Waals surface area contributed by atoms with Crippen molar-refractivity contribution in [2.75, 3.05) is 44.7 Å². The van der Waals surface area contributed by atoms with E-state index in [9.17, 15) is 9.65 Å². The van der Waals surface area contributed by atoms with E-state index in [0.717, 1.165) is 62.1 Å². The van der Waals surface area contributed by atoms with E-state index in [1.54, 1.807) is 18.3 Å². The number of thiazole rings is 1. The summed E-state index contributed by atoms with van der Waals surface area (Å²) in [6.45, 7) is 13.2. The molecule has 0 atom stereocenters. The molecule has 1 aliphatic rings. The number of allylic oxidation sites excluding steroid dienone is 1. The second kappa shape index (κ2) is 11.0. The van der Waals surface area contributed by atoms with Crippen molar-refractivity contribution in [2.24, 2.45) is 0 Å². The van der Waals surface area contributed by atoms with Gasteiger partial charge in [-0.25, -0.2) is 14.4 Å². The van der Waals surface area contributed by atoms with Gasteiger partial charge >= 0.3 is 0 Å². The van der Waals surface area contributed by atoms with Gasteiger partial charge < -0.3 is 10.2 Å². The van der Waals surface area contributed by atoms with Gasteiger partial charge in [-0.2, -0.15) is 5.26 Å². The minimum absolute atomic E-state index is 0.324. The first-order chi connectivity index (χ1) is 17.0. The minimum Gasteiger partial charge on any atom is -0.314 e. The number of piperazine rings is 1. The third-order valence-electron chi connectivity index (χ3n) is 6.13. The first-order valence-electron chi connectivity index (χ1n) is 11.7. The fraction of sp³-hybridized carbons (Fsp3) is 0.346. The van der Waals surface area contributed by atoms with Crippen LogP contribution in [0.15, 0.2) is 36.9 Å². The fourth-order valence-electron chi connectivity index (χ4n) is 4.19. The Balaban J connectivity index is 1.69. The SMILES string of the molecule is C=Cn1c(/C(C)=C\CN2CCNCC2)nc(CC)c1N(C)c1nc(-c2ccc(F)cc2)c(C#N)s1. The number of nitriles is 1.